The number of aromatic nitrogens is 2. The van der Waals surface area contributed by atoms with Crippen molar-refractivity contribution in [1.82, 2.24) is 9.97 Å². The van der Waals surface area contributed by atoms with Gasteiger partial charge in [-0.1, -0.05) is 81.0 Å². The maximum Gasteiger partial charge on any atom is 0.316 e. The first kappa shape index (κ1) is 28.2. The van der Waals surface area contributed by atoms with Gasteiger partial charge in [0.15, 0.2) is 11.6 Å². The summed E-state index contributed by atoms with van der Waals surface area (Å²) in [4.78, 5) is 8.34. The van der Waals surface area contributed by atoms with Crippen LogP contribution in [0.1, 0.15) is 57.9 Å². The molecular formula is C31H36F2N2O2. The fourth-order valence-electron chi connectivity index (χ4n) is 3.88. The van der Waals surface area contributed by atoms with Crippen molar-refractivity contribution in [2.45, 2.75) is 58.5 Å². The number of benzene rings is 2. The third-order valence-corrected chi connectivity index (χ3v) is 6.03. The Balaban J connectivity index is 1.56. The minimum atomic E-state index is -0.851. The fraction of sp³-hybridized carbons (Fsp3) is 0.355. The molecule has 0 aliphatic rings. The van der Waals surface area contributed by atoms with Gasteiger partial charge in [0.2, 0.25) is 0 Å². The van der Waals surface area contributed by atoms with E-state index in [1.54, 1.807) is 48.8 Å². The molecule has 1 atom stereocenters. The Morgan fingerprint density at radius 3 is 2.35 bits per heavy atom. The quantitative estimate of drug-likeness (QED) is 0.153. The van der Waals surface area contributed by atoms with Crippen molar-refractivity contribution in [3.8, 4) is 28.3 Å². The van der Waals surface area contributed by atoms with Crippen LogP contribution in [0, 0.1) is 11.6 Å². The lowest BCUT2D eigenvalue weighted by Crippen LogP contribution is -2.08. The Labute approximate surface area is 219 Å². The van der Waals surface area contributed by atoms with Crippen molar-refractivity contribution >= 4 is 6.08 Å². The van der Waals surface area contributed by atoms with Gasteiger partial charge in [0, 0.05) is 35.7 Å². The average Bonchev–Trinajstić information content (AvgIpc) is 2.92. The summed E-state index contributed by atoms with van der Waals surface area (Å²) in [5.41, 5.74) is 2.72. The lowest BCUT2D eigenvalue weighted by Gasteiger charge is -2.12. The van der Waals surface area contributed by atoms with Gasteiger partial charge in [0.1, 0.15) is 6.61 Å². The number of hydrogen-bond donors (Lipinski definition) is 0. The molecule has 0 spiro atoms. The first-order chi connectivity index (χ1) is 18.0. The van der Waals surface area contributed by atoms with Crippen molar-refractivity contribution in [1.29, 1.82) is 0 Å². The molecule has 6 heteroatoms. The van der Waals surface area contributed by atoms with Crippen LogP contribution in [-0.2, 0) is 4.74 Å². The molecule has 0 fully saturated rings. The Morgan fingerprint density at radius 1 is 0.919 bits per heavy atom. The van der Waals surface area contributed by atoms with Crippen LogP contribution < -0.4 is 4.74 Å². The van der Waals surface area contributed by atoms with E-state index < -0.39 is 11.6 Å². The second-order valence-electron chi connectivity index (χ2n) is 8.98. The number of allylic oxidation sites excluding steroid dienone is 1. The summed E-state index contributed by atoms with van der Waals surface area (Å²) < 4.78 is 40.8. The van der Waals surface area contributed by atoms with E-state index in [4.69, 9.17) is 9.47 Å². The SMILES string of the molecule is C=CCOc1ncc(-c2ccc(-c3ccc(C=CCCCC(C)OCCCCC)c(F)c3F)cc2)cn1. The van der Waals surface area contributed by atoms with Gasteiger partial charge in [-0.15, -0.1) is 0 Å². The first-order valence-electron chi connectivity index (χ1n) is 13.0. The standard InChI is InChI=1S/C31H36F2N2O2/c1-4-6-10-20-36-23(3)11-8-7-9-12-26-17-18-28(30(33)29(26)32)25-15-13-24(14-16-25)27-21-34-31(35-22-27)37-19-5-2/h5,9,12-18,21-23H,2,4,6-8,10-11,19-20H2,1,3H3. The monoisotopic (exact) mass is 506 g/mol. The van der Waals surface area contributed by atoms with E-state index in [0.29, 0.717) is 12.2 Å². The zero-order valence-corrected chi connectivity index (χ0v) is 21.8. The van der Waals surface area contributed by atoms with Crippen molar-refractivity contribution in [3.05, 3.63) is 84.7 Å². The summed E-state index contributed by atoms with van der Waals surface area (Å²) in [5, 5.41) is 0. The minimum absolute atomic E-state index is 0.216. The van der Waals surface area contributed by atoms with E-state index in [2.05, 4.69) is 30.4 Å². The molecule has 0 aliphatic heterocycles. The molecule has 1 unspecified atom stereocenters. The molecule has 196 valence electrons. The van der Waals surface area contributed by atoms with Crippen LogP contribution in [0.25, 0.3) is 28.3 Å². The average molecular weight is 507 g/mol. The van der Waals surface area contributed by atoms with Gasteiger partial charge in [-0.2, -0.15) is 0 Å². The second-order valence-corrected chi connectivity index (χ2v) is 8.98. The Hall–Kier alpha value is -3.38. The second kappa shape index (κ2) is 15.0. The Kier molecular flexibility index (Phi) is 11.4. The largest absolute Gasteiger partial charge is 0.459 e. The maximum atomic E-state index is 14.9. The molecule has 4 nitrogen and oxygen atoms in total. The number of ether oxygens (including phenoxy) is 2. The number of unbranched alkanes of at least 4 members (excludes halogenated alkanes) is 3. The highest BCUT2D eigenvalue weighted by Crippen LogP contribution is 2.29. The number of nitrogens with zero attached hydrogens (tertiary/aromatic N) is 2. The smallest absolute Gasteiger partial charge is 0.316 e. The van der Waals surface area contributed by atoms with Gasteiger partial charge in [0.05, 0.1) is 6.10 Å². The Morgan fingerprint density at radius 2 is 1.65 bits per heavy atom. The van der Waals surface area contributed by atoms with Crippen molar-refractivity contribution in [2.24, 2.45) is 0 Å². The molecule has 0 N–H and O–H groups in total. The Bertz CT molecular complexity index is 1150. The molecule has 0 saturated carbocycles. The van der Waals surface area contributed by atoms with Gasteiger partial charge in [0.25, 0.3) is 0 Å². The van der Waals surface area contributed by atoms with E-state index in [1.165, 1.54) is 12.8 Å². The number of hydrogen-bond acceptors (Lipinski definition) is 4. The van der Waals surface area contributed by atoms with Crippen molar-refractivity contribution < 1.29 is 18.3 Å². The minimum Gasteiger partial charge on any atom is -0.459 e. The summed E-state index contributed by atoms with van der Waals surface area (Å²) in [6.45, 7) is 8.98. The van der Waals surface area contributed by atoms with Crippen LogP contribution in [0.4, 0.5) is 8.78 Å². The van der Waals surface area contributed by atoms with E-state index in [-0.39, 0.29) is 23.2 Å². The molecule has 0 radical (unpaired) electrons. The molecular weight excluding hydrogens is 470 g/mol. The molecule has 37 heavy (non-hydrogen) atoms. The third kappa shape index (κ3) is 8.60. The molecule has 0 aliphatic carbocycles. The highest BCUT2D eigenvalue weighted by atomic mass is 19.2. The molecule has 1 heterocycles. The summed E-state index contributed by atoms with van der Waals surface area (Å²) >= 11 is 0. The maximum absolute atomic E-state index is 14.9. The van der Waals surface area contributed by atoms with Gasteiger partial charge in [-0.05, 0) is 43.7 Å². The van der Waals surface area contributed by atoms with Gasteiger partial charge >= 0.3 is 6.01 Å². The van der Waals surface area contributed by atoms with Crippen LogP contribution in [0.2, 0.25) is 0 Å². The first-order valence-corrected chi connectivity index (χ1v) is 13.0. The van der Waals surface area contributed by atoms with Crippen LogP contribution in [0.15, 0.2) is 67.5 Å². The van der Waals surface area contributed by atoms with E-state index in [0.717, 1.165) is 43.4 Å². The lowest BCUT2D eigenvalue weighted by atomic mass is 9.99. The highest BCUT2D eigenvalue weighted by Gasteiger charge is 2.14. The molecule has 1 aromatic heterocycles. The molecule has 2 aromatic carbocycles. The predicted octanol–water partition coefficient (Wildman–Crippen LogP) is 8.43. The van der Waals surface area contributed by atoms with E-state index in [9.17, 15) is 8.78 Å². The summed E-state index contributed by atoms with van der Waals surface area (Å²) in [5.74, 6) is -1.69. The number of rotatable bonds is 15. The topological polar surface area (TPSA) is 44.2 Å². The van der Waals surface area contributed by atoms with Crippen LogP contribution >= 0.6 is 0 Å². The summed E-state index contributed by atoms with van der Waals surface area (Å²) in [7, 11) is 0. The van der Waals surface area contributed by atoms with Crippen LogP contribution in [0.3, 0.4) is 0 Å². The predicted molar refractivity (Wildman–Crippen MR) is 146 cm³/mol. The van der Waals surface area contributed by atoms with Gasteiger partial charge in [-0.25, -0.2) is 18.7 Å². The zero-order chi connectivity index (χ0) is 26.5. The molecule has 3 aromatic rings. The molecule has 3 rings (SSSR count). The van der Waals surface area contributed by atoms with E-state index >= 15 is 0 Å². The lowest BCUT2D eigenvalue weighted by molar-refractivity contribution is 0.0566. The van der Waals surface area contributed by atoms with Crippen LogP contribution in [0.5, 0.6) is 6.01 Å². The molecule has 0 bridgehead atoms. The van der Waals surface area contributed by atoms with Crippen molar-refractivity contribution in [3.63, 3.8) is 0 Å². The van der Waals surface area contributed by atoms with Gasteiger partial charge in [-0.3, -0.25) is 0 Å². The zero-order valence-electron chi connectivity index (χ0n) is 21.8. The van der Waals surface area contributed by atoms with Crippen LogP contribution in [-0.4, -0.2) is 29.3 Å². The molecule has 0 saturated heterocycles. The third-order valence-electron chi connectivity index (χ3n) is 6.03. The number of halogens is 2. The highest BCUT2D eigenvalue weighted by molar-refractivity contribution is 5.71. The van der Waals surface area contributed by atoms with Gasteiger partial charge < -0.3 is 9.47 Å². The van der Waals surface area contributed by atoms with Crippen molar-refractivity contribution in [2.75, 3.05) is 13.2 Å². The normalized spacial score (nSPS) is 12.1. The van der Waals surface area contributed by atoms with E-state index in [1.807, 2.05) is 18.2 Å². The molecule has 0 amide bonds. The fourth-order valence-corrected chi connectivity index (χ4v) is 3.88. The summed E-state index contributed by atoms with van der Waals surface area (Å²) in [6.07, 6.45) is 14.8. The summed E-state index contributed by atoms with van der Waals surface area (Å²) in [6, 6.07) is 10.7.